The topological polar surface area (TPSA) is 95.7 Å². The smallest absolute Gasteiger partial charge is 0.347 e. The number of hydrogen-bond donors (Lipinski definition) is 0. The second-order valence-corrected chi connectivity index (χ2v) is 4.86. The van der Waals surface area contributed by atoms with Gasteiger partial charge in [0.05, 0.1) is 21.6 Å². The molecule has 1 aromatic rings. The molecule has 0 aromatic heterocycles. The Balaban J connectivity index is 2.87. The van der Waals surface area contributed by atoms with Gasteiger partial charge in [0.15, 0.2) is 6.10 Å². The van der Waals surface area contributed by atoms with Crippen molar-refractivity contribution in [2.24, 2.45) is 0 Å². The molecule has 0 aliphatic carbocycles. The summed E-state index contributed by atoms with van der Waals surface area (Å²) < 4.78 is 9.78. The molecule has 0 amide bonds. The van der Waals surface area contributed by atoms with Crippen LogP contribution >= 0.6 is 11.6 Å². The van der Waals surface area contributed by atoms with Gasteiger partial charge in [-0.05, 0) is 26.8 Å². The van der Waals surface area contributed by atoms with Gasteiger partial charge in [-0.2, -0.15) is 0 Å². The highest BCUT2D eigenvalue weighted by atomic mass is 35.5. The van der Waals surface area contributed by atoms with Crippen LogP contribution in [0.25, 0.3) is 0 Å². The lowest BCUT2D eigenvalue weighted by Gasteiger charge is -2.15. The van der Waals surface area contributed by atoms with Crippen molar-refractivity contribution in [1.82, 2.24) is 0 Å². The molecule has 0 saturated heterocycles. The molecule has 0 bridgehead atoms. The van der Waals surface area contributed by atoms with E-state index in [0.717, 1.165) is 12.1 Å². The van der Waals surface area contributed by atoms with Gasteiger partial charge in [-0.25, -0.2) is 9.59 Å². The van der Waals surface area contributed by atoms with Gasteiger partial charge in [0.25, 0.3) is 5.69 Å². The number of ether oxygens (including phenoxy) is 2. The minimum atomic E-state index is -1.14. The summed E-state index contributed by atoms with van der Waals surface area (Å²) in [7, 11) is 0. The SMILES string of the molecule is CC(C)OC(=O)C(C)OC(=O)c1cc([N+](=O)[O-])ccc1Cl. The summed E-state index contributed by atoms with van der Waals surface area (Å²) in [4.78, 5) is 33.5. The Labute approximate surface area is 125 Å². The zero-order valence-corrected chi connectivity index (χ0v) is 12.4. The van der Waals surface area contributed by atoms with Crippen LogP contribution < -0.4 is 0 Å². The number of hydrogen-bond acceptors (Lipinski definition) is 6. The van der Waals surface area contributed by atoms with Crippen LogP contribution in [0.15, 0.2) is 18.2 Å². The van der Waals surface area contributed by atoms with Crippen LogP contribution in [0.3, 0.4) is 0 Å². The normalized spacial score (nSPS) is 11.9. The van der Waals surface area contributed by atoms with Crippen molar-refractivity contribution in [3.05, 3.63) is 38.9 Å². The quantitative estimate of drug-likeness (QED) is 0.471. The number of non-ortho nitro benzene ring substituents is 1. The second kappa shape index (κ2) is 7.03. The molecule has 1 rings (SSSR count). The summed E-state index contributed by atoms with van der Waals surface area (Å²) in [5.41, 5.74) is -0.487. The minimum absolute atomic E-state index is 0.00460. The Morgan fingerprint density at radius 1 is 1.24 bits per heavy atom. The Bertz CT molecular complexity index is 572. The van der Waals surface area contributed by atoms with E-state index in [9.17, 15) is 19.7 Å². The number of benzene rings is 1. The molecule has 7 nitrogen and oxygen atoms in total. The summed E-state index contributed by atoms with van der Waals surface area (Å²) in [5.74, 6) is -1.64. The van der Waals surface area contributed by atoms with Crippen LogP contribution in [0.2, 0.25) is 5.02 Å². The Kier molecular flexibility index (Phi) is 5.66. The molecule has 0 aliphatic heterocycles. The third-order valence-corrected chi connectivity index (χ3v) is 2.68. The lowest BCUT2D eigenvalue weighted by Crippen LogP contribution is -2.28. The second-order valence-electron chi connectivity index (χ2n) is 4.45. The molecule has 0 fully saturated rings. The van der Waals surface area contributed by atoms with Crippen LogP contribution in [0.4, 0.5) is 5.69 Å². The molecule has 21 heavy (non-hydrogen) atoms. The van der Waals surface area contributed by atoms with Crippen LogP contribution in [0.1, 0.15) is 31.1 Å². The number of nitrogens with zero attached hydrogens (tertiary/aromatic N) is 1. The zero-order valence-electron chi connectivity index (χ0n) is 11.7. The fourth-order valence-electron chi connectivity index (χ4n) is 1.38. The van der Waals surface area contributed by atoms with E-state index in [1.807, 2.05) is 0 Å². The highest BCUT2D eigenvalue weighted by Crippen LogP contribution is 2.23. The first-order valence-corrected chi connectivity index (χ1v) is 6.45. The molecule has 1 aromatic carbocycles. The van der Waals surface area contributed by atoms with Gasteiger partial charge >= 0.3 is 11.9 Å². The fraction of sp³-hybridized carbons (Fsp3) is 0.385. The first-order chi connectivity index (χ1) is 9.72. The predicted molar refractivity (Wildman–Crippen MR) is 74.2 cm³/mol. The van der Waals surface area contributed by atoms with E-state index < -0.39 is 23.0 Å². The van der Waals surface area contributed by atoms with Crippen LogP contribution in [-0.2, 0) is 14.3 Å². The lowest BCUT2D eigenvalue weighted by atomic mass is 10.2. The number of halogens is 1. The predicted octanol–water partition coefficient (Wildman–Crippen LogP) is 2.75. The van der Waals surface area contributed by atoms with Crippen LogP contribution in [0.5, 0.6) is 0 Å². The molecule has 0 saturated carbocycles. The largest absolute Gasteiger partial charge is 0.460 e. The number of rotatable bonds is 5. The van der Waals surface area contributed by atoms with Gasteiger partial charge in [-0.1, -0.05) is 11.6 Å². The van der Waals surface area contributed by atoms with Gasteiger partial charge in [0.2, 0.25) is 0 Å². The van der Waals surface area contributed by atoms with Crippen molar-refractivity contribution < 1.29 is 24.0 Å². The minimum Gasteiger partial charge on any atom is -0.460 e. The molecule has 1 atom stereocenters. The average Bonchev–Trinajstić information content (AvgIpc) is 2.37. The van der Waals surface area contributed by atoms with E-state index in [4.69, 9.17) is 21.1 Å². The maximum absolute atomic E-state index is 11.9. The molecule has 0 heterocycles. The molecule has 114 valence electrons. The van der Waals surface area contributed by atoms with E-state index in [1.165, 1.54) is 13.0 Å². The van der Waals surface area contributed by atoms with Crippen molar-refractivity contribution >= 4 is 29.2 Å². The lowest BCUT2D eigenvalue weighted by molar-refractivity contribution is -0.384. The summed E-state index contributed by atoms with van der Waals surface area (Å²) in [6.07, 6.45) is -1.49. The van der Waals surface area contributed by atoms with Crippen molar-refractivity contribution in [2.75, 3.05) is 0 Å². The summed E-state index contributed by atoms with van der Waals surface area (Å²) in [6.45, 7) is 4.65. The maximum atomic E-state index is 11.9. The Morgan fingerprint density at radius 2 is 1.86 bits per heavy atom. The average molecular weight is 316 g/mol. The third-order valence-electron chi connectivity index (χ3n) is 2.35. The van der Waals surface area contributed by atoms with Crippen LogP contribution in [0, 0.1) is 10.1 Å². The standard InChI is InChI=1S/C13H14ClNO6/c1-7(2)20-12(16)8(3)21-13(17)10-6-9(15(18)19)4-5-11(10)14/h4-8H,1-3H3. The first-order valence-electron chi connectivity index (χ1n) is 6.07. The van der Waals surface area contributed by atoms with Crippen molar-refractivity contribution in [1.29, 1.82) is 0 Å². The van der Waals surface area contributed by atoms with Crippen LogP contribution in [-0.4, -0.2) is 29.1 Å². The number of carbonyl (C=O) groups is 2. The molecule has 0 N–H and O–H groups in total. The van der Waals surface area contributed by atoms with E-state index >= 15 is 0 Å². The number of esters is 2. The van der Waals surface area contributed by atoms with E-state index in [2.05, 4.69) is 0 Å². The van der Waals surface area contributed by atoms with Gasteiger partial charge < -0.3 is 9.47 Å². The molecule has 0 spiro atoms. The Hall–Kier alpha value is -2.15. The van der Waals surface area contributed by atoms with E-state index in [-0.39, 0.29) is 22.4 Å². The van der Waals surface area contributed by atoms with Gasteiger partial charge in [0.1, 0.15) is 0 Å². The van der Waals surface area contributed by atoms with Gasteiger partial charge in [0, 0.05) is 12.1 Å². The molecule has 0 aliphatic rings. The monoisotopic (exact) mass is 315 g/mol. The fourth-order valence-corrected chi connectivity index (χ4v) is 1.58. The summed E-state index contributed by atoms with van der Waals surface area (Å²) in [6, 6.07) is 3.37. The summed E-state index contributed by atoms with van der Waals surface area (Å²) in [5, 5.41) is 10.7. The molecule has 0 radical (unpaired) electrons. The maximum Gasteiger partial charge on any atom is 0.347 e. The molecular formula is C13H14ClNO6. The van der Waals surface area contributed by atoms with Crippen molar-refractivity contribution in [3.8, 4) is 0 Å². The highest BCUT2D eigenvalue weighted by molar-refractivity contribution is 6.33. The number of carbonyl (C=O) groups excluding carboxylic acids is 2. The molecular weight excluding hydrogens is 302 g/mol. The highest BCUT2D eigenvalue weighted by Gasteiger charge is 2.24. The Morgan fingerprint density at radius 3 is 2.38 bits per heavy atom. The molecule has 8 heteroatoms. The third kappa shape index (κ3) is 4.71. The summed E-state index contributed by atoms with van der Waals surface area (Å²) >= 11 is 5.80. The molecule has 1 unspecified atom stereocenters. The van der Waals surface area contributed by atoms with E-state index in [0.29, 0.717) is 0 Å². The first kappa shape index (κ1) is 16.9. The van der Waals surface area contributed by atoms with Crippen molar-refractivity contribution in [2.45, 2.75) is 33.0 Å². The van der Waals surface area contributed by atoms with Gasteiger partial charge in [-0.3, -0.25) is 10.1 Å². The van der Waals surface area contributed by atoms with E-state index in [1.54, 1.807) is 13.8 Å². The van der Waals surface area contributed by atoms with Crippen molar-refractivity contribution in [3.63, 3.8) is 0 Å². The zero-order chi connectivity index (χ0) is 16.2. The number of nitro benzene ring substituents is 1. The number of nitro groups is 1. The van der Waals surface area contributed by atoms with Gasteiger partial charge in [-0.15, -0.1) is 0 Å².